The first kappa shape index (κ1) is 15.8. The molecule has 0 radical (unpaired) electrons. The third kappa shape index (κ3) is 6.86. The molecular formula is C10H23NO3. The van der Waals surface area contributed by atoms with Gasteiger partial charge >= 0.3 is 0 Å². The fourth-order valence-electron chi connectivity index (χ4n) is 0.559. The number of unbranched alkanes of at least 4 members (excludes halogenated alkanes) is 2. The van der Waals surface area contributed by atoms with Gasteiger partial charge in [-0.15, -0.1) is 0 Å². The van der Waals surface area contributed by atoms with Gasteiger partial charge < -0.3 is 15.9 Å². The zero-order valence-electron chi connectivity index (χ0n) is 9.58. The third-order valence-electron chi connectivity index (χ3n) is 2.02. The van der Waals surface area contributed by atoms with Crippen LogP contribution in [-0.4, -0.2) is 27.8 Å². The Balaban J connectivity index is 0. The van der Waals surface area contributed by atoms with E-state index in [4.69, 9.17) is 15.9 Å². The lowest BCUT2D eigenvalue weighted by Crippen LogP contribution is -2.49. The van der Waals surface area contributed by atoms with E-state index in [1.54, 1.807) is 0 Å². The predicted molar refractivity (Wildman–Crippen MR) is 56.7 cm³/mol. The Morgan fingerprint density at radius 3 is 1.79 bits per heavy atom. The molecule has 0 saturated heterocycles. The molecule has 86 valence electrons. The lowest BCUT2D eigenvalue weighted by molar-refractivity contribution is -0.144. The molecule has 0 aromatic heterocycles. The average molecular weight is 205 g/mol. The number of aliphatic hydroxyl groups excluding tert-OH is 1. The predicted octanol–water partition coefficient (Wildman–Crippen LogP) is 0.800. The lowest BCUT2D eigenvalue weighted by Gasteiger charge is -2.21. The second-order valence-electron chi connectivity index (χ2n) is 3.54. The highest BCUT2D eigenvalue weighted by Gasteiger charge is 2.32. The zero-order chi connectivity index (χ0) is 11.8. The fourth-order valence-corrected chi connectivity index (χ4v) is 0.559. The highest BCUT2D eigenvalue weighted by molar-refractivity contribution is 5.83. The van der Waals surface area contributed by atoms with Crippen LogP contribution in [0.1, 0.15) is 47.0 Å². The summed E-state index contributed by atoms with van der Waals surface area (Å²) in [6, 6.07) is 0. The van der Waals surface area contributed by atoms with Crippen molar-refractivity contribution >= 4 is 5.91 Å². The molecule has 2 atom stereocenters. The first-order valence-corrected chi connectivity index (χ1v) is 5.00. The van der Waals surface area contributed by atoms with Crippen LogP contribution in [0.4, 0.5) is 0 Å². The van der Waals surface area contributed by atoms with Gasteiger partial charge in [0.1, 0.15) is 0 Å². The topological polar surface area (TPSA) is 83.6 Å². The number of carbonyl (C=O) groups excluding carboxylic acids is 1. The summed E-state index contributed by atoms with van der Waals surface area (Å²) in [5, 5.41) is 17.6. The summed E-state index contributed by atoms with van der Waals surface area (Å²) in [5.41, 5.74) is 2.92. The first-order valence-electron chi connectivity index (χ1n) is 5.00. The molecule has 0 saturated carbocycles. The maximum Gasteiger partial charge on any atom is 0.251 e. The molecule has 0 aliphatic carbocycles. The summed E-state index contributed by atoms with van der Waals surface area (Å²) < 4.78 is 0. The van der Waals surface area contributed by atoms with Gasteiger partial charge in [-0.2, -0.15) is 0 Å². The van der Waals surface area contributed by atoms with E-state index in [0.29, 0.717) is 0 Å². The van der Waals surface area contributed by atoms with E-state index in [-0.39, 0.29) is 0 Å². The molecule has 4 N–H and O–H groups in total. The van der Waals surface area contributed by atoms with Crippen LogP contribution in [0.25, 0.3) is 0 Å². The van der Waals surface area contributed by atoms with Gasteiger partial charge in [0.25, 0.3) is 5.91 Å². The van der Waals surface area contributed by atoms with Gasteiger partial charge in [0.2, 0.25) is 0 Å². The van der Waals surface area contributed by atoms with E-state index in [1.807, 2.05) is 0 Å². The lowest BCUT2D eigenvalue weighted by atomic mass is 10.0. The van der Waals surface area contributed by atoms with Crippen LogP contribution in [0.5, 0.6) is 0 Å². The van der Waals surface area contributed by atoms with Gasteiger partial charge in [0, 0.05) is 0 Å². The largest absolute Gasteiger partial charge is 0.390 e. The minimum Gasteiger partial charge on any atom is -0.390 e. The minimum absolute atomic E-state index is 0.919. The molecule has 2 unspecified atom stereocenters. The van der Waals surface area contributed by atoms with Gasteiger partial charge in [-0.3, -0.25) is 4.79 Å². The summed E-state index contributed by atoms with van der Waals surface area (Å²) in [6.07, 6.45) is 2.95. The Kier molecular flexibility index (Phi) is 8.79. The van der Waals surface area contributed by atoms with Gasteiger partial charge in [0.05, 0.1) is 6.10 Å². The van der Waals surface area contributed by atoms with Gasteiger partial charge in [-0.25, -0.2) is 0 Å². The molecule has 4 heteroatoms. The van der Waals surface area contributed by atoms with Gasteiger partial charge in [0.15, 0.2) is 5.60 Å². The molecule has 0 aliphatic heterocycles. The molecule has 0 aromatic carbocycles. The van der Waals surface area contributed by atoms with Crippen molar-refractivity contribution in [1.29, 1.82) is 0 Å². The van der Waals surface area contributed by atoms with Crippen molar-refractivity contribution in [3.63, 3.8) is 0 Å². The van der Waals surface area contributed by atoms with Crippen molar-refractivity contribution in [2.45, 2.75) is 58.7 Å². The molecule has 0 aromatic rings. The number of carbonyl (C=O) groups is 1. The Morgan fingerprint density at radius 2 is 1.79 bits per heavy atom. The average Bonchev–Trinajstić information content (AvgIpc) is 2.06. The number of amides is 1. The zero-order valence-corrected chi connectivity index (χ0v) is 9.58. The van der Waals surface area contributed by atoms with Crippen molar-refractivity contribution < 1.29 is 15.0 Å². The number of hydrogen-bond acceptors (Lipinski definition) is 3. The van der Waals surface area contributed by atoms with E-state index in [0.717, 1.165) is 0 Å². The molecule has 0 fully saturated rings. The number of primary amides is 1. The molecular weight excluding hydrogens is 182 g/mol. The first-order chi connectivity index (χ1) is 6.30. The molecule has 4 nitrogen and oxygen atoms in total. The molecule has 0 rings (SSSR count). The van der Waals surface area contributed by atoms with E-state index < -0.39 is 17.6 Å². The van der Waals surface area contributed by atoms with Crippen LogP contribution >= 0.6 is 0 Å². The second-order valence-corrected chi connectivity index (χ2v) is 3.54. The summed E-state index contributed by atoms with van der Waals surface area (Å²) in [7, 11) is 0. The van der Waals surface area contributed by atoms with E-state index in [2.05, 4.69) is 13.8 Å². The van der Waals surface area contributed by atoms with Crippen molar-refractivity contribution in [2.24, 2.45) is 5.73 Å². The summed E-state index contributed by atoms with van der Waals surface area (Å²) in [4.78, 5) is 10.3. The van der Waals surface area contributed by atoms with Crippen molar-refractivity contribution in [1.82, 2.24) is 0 Å². The quantitative estimate of drug-likeness (QED) is 0.634. The second kappa shape index (κ2) is 7.76. The summed E-state index contributed by atoms with van der Waals surface area (Å²) in [6.45, 7) is 6.89. The van der Waals surface area contributed by atoms with E-state index in [1.165, 1.54) is 33.1 Å². The number of hydrogen-bond donors (Lipinski definition) is 3. The Hall–Kier alpha value is -0.610. The summed E-state index contributed by atoms with van der Waals surface area (Å²) in [5.74, 6) is -0.919. The Morgan fingerprint density at radius 1 is 1.43 bits per heavy atom. The van der Waals surface area contributed by atoms with Crippen LogP contribution in [0.15, 0.2) is 0 Å². The van der Waals surface area contributed by atoms with Crippen LogP contribution in [0.3, 0.4) is 0 Å². The molecule has 0 bridgehead atoms. The Labute approximate surface area is 86.1 Å². The van der Waals surface area contributed by atoms with Crippen LogP contribution in [0.2, 0.25) is 0 Å². The van der Waals surface area contributed by atoms with Crippen LogP contribution < -0.4 is 5.73 Å². The van der Waals surface area contributed by atoms with Crippen molar-refractivity contribution in [3.05, 3.63) is 0 Å². The van der Waals surface area contributed by atoms with Crippen LogP contribution in [0, 0.1) is 0 Å². The number of aliphatic hydroxyl groups is 2. The fraction of sp³-hybridized carbons (Fsp3) is 0.900. The van der Waals surface area contributed by atoms with Crippen molar-refractivity contribution in [3.8, 4) is 0 Å². The third-order valence-corrected chi connectivity index (χ3v) is 2.02. The maximum atomic E-state index is 10.3. The number of nitrogens with two attached hydrogens (primary N) is 1. The van der Waals surface area contributed by atoms with E-state index in [9.17, 15) is 4.79 Å². The highest BCUT2D eigenvalue weighted by Crippen LogP contribution is 2.06. The van der Waals surface area contributed by atoms with Gasteiger partial charge in [-0.05, 0) is 13.8 Å². The minimum atomic E-state index is -1.81. The molecule has 0 heterocycles. The van der Waals surface area contributed by atoms with Crippen molar-refractivity contribution in [2.75, 3.05) is 0 Å². The normalized spacial score (nSPS) is 16.1. The Bertz CT molecular complexity index is 153. The highest BCUT2D eigenvalue weighted by atomic mass is 16.3. The SMILES string of the molecule is CC(O)C(C)(O)C(N)=O.CCCCC. The summed E-state index contributed by atoms with van der Waals surface area (Å²) >= 11 is 0. The van der Waals surface area contributed by atoms with Crippen LogP contribution in [-0.2, 0) is 4.79 Å². The van der Waals surface area contributed by atoms with E-state index >= 15 is 0 Å². The molecule has 0 spiro atoms. The molecule has 1 amide bonds. The standard InChI is InChI=1S/C5H11NO3.C5H12/c1-3(7)5(2,9)4(6)8;1-3-5-4-2/h3,7,9H,1-2H3,(H2,6,8);3-5H2,1-2H3. The van der Waals surface area contributed by atoms with Gasteiger partial charge in [-0.1, -0.05) is 33.1 Å². The number of rotatable bonds is 4. The molecule has 14 heavy (non-hydrogen) atoms. The monoisotopic (exact) mass is 205 g/mol. The smallest absolute Gasteiger partial charge is 0.251 e. The molecule has 0 aliphatic rings. The maximum absolute atomic E-state index is 10.3.